The second-order valence-electron chi connectivity index (χ2n) is 10.8. The molecule has 0 saturated carbocycles. The standard InChI is InChI=1S/C35H38FN3O4S/c1-4-21-37-35(41)33(23-28-10-6-5-7-11-28)38(24-29-12-8-9-27(3)22-29)34(40)25-39(31-17-15-30(36)16-18-31)44(42,43)32-19-13-26(2)14-20-32/h5-20,22,33H,4,21,23-25H2,1-3H3,(H,37,41)/t33-/m0/s1. The van der Waals surface area contributed by atoms with Gasteiger partial charge in [0.2, 0.25) is 11.8 Å². The molecule has 2 amide bonds. The molecule has 0 fully saturated rings. The number of carbonyl (C=O) groups excluding carboxylic acids is 2. The van der Waals surface area contributed by atoms with Crippen molar-refractivity contribution in [3.8, 4) is 0 Å². The summed E-state index contributed by atoms with van der Waals surface area (Å²) < 4.78 is 42.9. The average molecular weight is 616 g/mol. The maximum atomic E-state index is 14.4. The number of aryl methyl sites for hydroxylation is 2. The molecule has 4 aromatic carbocycles. The van der Waals surface area contributed by atoms with Crippen molar-refractivity contribution in [2.45, 2.75) is 51.1 Å². The van der Waals surface area contributed by atoms with Gasteiger partial charge in [0, 0.05) is 19.5 Å². The highest BCUT2D eigenvalue weighted by Crippen LogP contribution is 2.26. The first-order chi connectivity index (χ1) is 21.1. The van der Waals surface area contributed by atoms with Crippen molar-refractivity contribution >= 4 is 27.5 Å². The molecule has 1 atom stereocenters. The lowest BCUT2D eigenvalue weighted by molar-refractivity contribution is -0.140. The number of hydrogen-bond acceptors (Lipinski definition) is 4. The van der Waals surface area contributed by atoms with E-state index in [0.717, 1.165) is 38.7 Å². The van der Waals surface area contributed by atoms with Crippen LogP contribution in [0.5, 0.6) is 0 Å². The lowest BCUT2D eigenvalue weighted by atomic mass is 10.0. The molecule has 7 nitrogen and oxygen atoms in total. The molecule has 230 valence electrons. The molecule has 0 heterocycles. The minimum absolute atomic E-state index is 0.00742. The monoisotopic (exact) mass is 615 g/mol. The summed E-state index contributed by atoms with van der Waals surface area (Å²) in [5.74, 6) is -1.44. The van der Waals surface area contributed by atoms with Crippen molar-refractivity contribution in [3.63, 3.8) is 0 Å². The minimum atomic E-state index is -4.25. The molecule has 0 aliphatic rings. The number of nitrogens with one attached hydrogen (secondary N) is 1. The largest absolute Gasteiger partial charge is 0.354 e. The van der Waals surface area contributed by atoms with E-state index in [4.69, 9.17) is 0 Å². The van der Waals surface area contributed by atoms with Gasteiger partial charge in [-0.05, 0) is 67.8 Å². The lowest BCUT2D eigenvalue weighted by Crippen LogP contribution is -2.53. The van der Waals surface area contributed by atoms with Crippen molar-refractivity contribution in [2.24, 2.45) is 0 Å². The third kappa shape index (κ3) is 8.32. The summed E-state index contributed by atoms with van der Waals surface area (Å²) >= 11 is 0. The number of sulfonamides is 1. The van der Waals surface area contributed by atoms with Crippen LogP contribution in [0, 0.1) is 19.7 Å². The third-order valence-corrected chi connectivity index (χ3v) is 9.05. The number of benzene rings is 4. The zero-order chi connectivity index (χ0) is 31.7. The van der Waals surface area contributed by atoms with Gasteiger partial charge in [-0.1, -0.05) is 84.8 Å². The van der Waals surface area contributed by atoms with Gasteiger partial charge in [0.25, 0.3) is 10.0 Å². The molecule has 4 rings (SSSR count). The average Bonchev–Trinajstić information content (AvgIpc) is 3.01. The van der Waals surface area contributed by atoms with Crippen molar-refractivity contribution in [1.82, 2.24) is 10.2 Å². The fourth-order valence-electron chi connectivity index (χ4n) is 4.90. The van der Waals surface area contributed by atoms with Gasteiger partial charge in [-0.15, -0.1) is 0 Å². The van der Waals surface area contributed by atoms with Crippen LogP contribution >= 0.6 is 0 Å². The first-order valence-electron chi connectivity index (χ1n) is 14.6. The van der Waals surface area contributed by atoms with Gasteiger partial charge >= 0.3 is 0 Å². The van der Waals surface area contributed by atoms with E-state index in [1.165, 1.54) is 29.2 Å². The maximum Gasteiger partial charge on any atom is 0.264 e. The molecule has 4 aromatic rings. The van der Waals surface area contributed by atoms with E-state index < -0.39 is 34.3 Å². The quantitative estimate of drug-likeness (QED) is 0.206. The highest BCUT2D eigenvalue weighted by atomic mass is 32.2. The van der Waals surface area contributed by atoms with E-state index in [1.807, 2.05) is 75.4 Å². The van der Waals surface area contributed by atoms with E-state index in [1.54, 1.807) is 12.1 Å². The second kappa shape index (κ2) is 14.8. The fourth-order valence-corrected chi connectivity index (χ4v) is 6.31. The summed E-state index contributed by atoms with van der Waals surface area (Å²) in [6.45, 7) is 5.64. The molecule has 0 bridgehead atoms. The van der Waals surface area contributed by atoms with Crippen LogP contribution in [0.15, 0.2) is 108 Å². The third-order valence-electron chi connectivity index (χ3n) is 7.26. The van der Waals surface area contributed by atoms with Crippen LogP contribution in [0.4, 0.5) is 10.1 Å². The Morgan fingerprint density at radius 2 is 1.48 bits per heavy atom. The Morgan fingerprint density at radius 3 is 2.11 bits per heavy atom. The van der Waals surface area contributed by atoms with Crippen LogP contribution in [0.2, 0.25) is 0 Å². The Kier molecular flexibility index (Phi) is 10.9. The van der Waals surface area contributed by atoms with E-state index in [0.29, 0.717) is 13.0 Å². The summed E-state index contributed by atoms with van der Waals surface area (Å²) in [4.78, 5) is 29.5. The van der Waals surface area contributed by atoms with Gasteiger partial charge in [-0.2, -0.15) is 0 Å². The molecule has 44 heavy (non-hydrogen) atoms. The Balaban J connectivity index is 1.79. The van der Waals surface area contributed by atoms with Crippen LogP contribution in [0.25, 0.3) is 0 Å². The smallest absolute Gasteiger partial charge is 0.264 e. The Hall–Kier alpha value is -4.50. The number of hydrogen-bond donors (Lipinski definition) is 1. The Labute approximate surface area is 259 Å². The fraction of sp³-hybridized carbons (Fsp3) is 0.257. The van der Waals surface area contributed by atoms with E-state index in [9.17, 15) is 22.4 Å². The molecule has 9 heteroatoms. The first-order valence-corrected chi connectivity index (χ1v) is 16.0. The molecule has 0 aliphatic heterocycles. The molecule has 1 N–H and O–H groups in total. The highest BCUT2D eigenvalue weighted by Gasteiger charge is 2.34. The van der Waals surface area contributed by atoms with Gasteiger partial charge in [0.1, 0.15) is 18.4 Å². The Morgan fingerprint density at radius 1 is 0.818 bits per heavy atom. The molecule has 0 spiro atoms. The molecule has 0 unspecified atom stereocenters. The first kappa shape index (κ1) is 32.4. The minimum Gasteiger partial charge on any atom is -0.354 e. The summed E-state index contributed by atoms with van der Waals surface area (Å²) in [5, 5.41) is 2.93. The summed E-state index contributed by atoms with van der Waals surface area (Å²) in [5.41, 5.74) is 3.65. The van der Waals surface area contributed by atoms with Gasteiger partial charge < -0.3 is 10.2 Å². The number of anilines is 1. The predicted molar refractivity (Wildman–Crippen MR) is 171 cm³/mol. The number of halogens is 1. The molecule has 0 aliphatic carbocycles. The summed E-state index contributed by atoms with van der Waals surface area (Å²) in [6.07, 6.45) is 0.942. The molecule has 0 saturated heterocycles. The van der Waals surface area contributed by atoms with E-state index >= 15 is 0 Å². The second-order valence-corrected chi connectivity index (χ2v) is 12.7. The van der Waals surface area contributed by atoms with Gasteiger partial charge in [0.15, 0.2) is 0 Å². The molecule has 0 aromatic heterocycles. The van der Waals surface area contributed by atoms with Crippen LogP contribution in [-0.2, 0) is 32.6 Å². The molecule has 0 radical (unpaired) electrons. The normalized spacial score (nSPS) is 11.9. The van der Waals surface area contributed by atoms with Crippen LogP contribution in [0.1, 0.15) is 35.6 Å². The number of amides is 2. The number of carbonyl (C=O) groups is 2. The van der Waals surface area contributed by atoms with Crippen LogP contribution in [0.3, 0.4) is 0 Å². The van der Waals surface area contributed by atoms with Gasteiger partial charge in [0.05, 0.1) is 10.6 Å². The molecular formula is C35H38FN3O4S. The topological polar surface area (TPSA) is 86.8 Å². The van der Waals surface area contributed by atoms with Gasteiger partial charge in [-0.3, -0.25) is 13.9 Å². The SMILES string of the molecule is CCCNC(=O)[C@H](Cc1ccccc1)N(Cc1cccc(C)c1)C(=O)CN(c1ccc(F)cc1)S(=O)(=O)c1ccc(C)cc1. The maximum absolute atomic E-state index is 14.4. The van der Waals surface area contributed by atoms with Crippen LogP contribution in [-0.4, -0.2) is 44.3 Å². The summed E-state index contributed by atoms with van der Waals surface area (Å²) in [7, 11) is -4.25. The number of nitrogens with zero attached hydrogens (tertiary/aromatic N) is 2. The predicted octanol–water partition coefficient (Wildman–Crippen LogP) is 5.80. The van der Waals surface area contributed by atoms with Crippen molar-refractivity contribution in [3.05, 3.63) is 131 Å². The van der Waals surface area contributed by atoms with Crippen molar-refractivity contribution in [2.75, 3.05) is 17.4 Å². The van der Waals surface area contributed by atoms with E-state index in [-0.39, 0.29) is 29.5 Å². The zero-order valence-electron chi connectivity index (χ0n) is 25.2. The van der Waals surface area contributed by atoms with Crippen LogP contribution < -0.4 is 9.62 Å². The number of rotatable bonds is 13. The van der Waals surface area contributed by atoms with E-state index in [2.05, 4.69) is 5.32 Å². The highest BCUT2D eigenvalue weighted by molar-refractivity contribution is 7.92. The molecular weight excluding hydrogens is 577 g/mol. The van der Waals surface area contributed by atoms with Crippen molar-refractivity contribution in [1.29, 1.82) is 0 Å². The van der Waals surface area contributed by atoms with Crippen molar-refractivity contribution < 1.29 is 22.4 Å². The van der Waals surface area contributed by atoms with Gasteiger partial charge in [-0.25, -0.2) is 12.8 Å². The zero-order valence-corrected chi connectivity index (χ0v) is 26.1. The Bertz CT molecular complexity index is 1660. The lowest BCUT2D eigenvalue weighted by Gasteiger charge is -2.34. The summed E-state index contributed by atoms with van der Waals surface area (Å²) in [6, 6.07) is 27.4.